The molecule has 7 nitrogen and oxygen atoms in total. The number of allylic oxidation sites excluding steroid dienone is 1. The van der Waals surface area contributed by atoms with Crippen molar-refractivity contribution >= 4 is 33.6 Å². The molecule has 2 aromatic carbocycles. The number of carbonyl (C=O) groups excluding carboxylic acids is 2. The first kappa shape index (κ1) is 25.9. The number of nitrogens with one attached hydrogen (secondary N) is 1. The molecule has 1 heterocycles. The first-order chi connectivity index (χ1) is 17.0. The van der Waals surface area contributed by atoms with Crippen molar-refractivity contribution in [2.24, 2.45) is 11.7 Å². The van der Waals surface area contributed by atoms with E-state index in [0.29, 0.717) is 37.9 Å². The van der Waals surface area contributed by atoms with Crippen LogP contribution in [0.4, 0.5) is 5.69 Å². The van der Waals surface area contributed by atoms with Crippen LogP contribution in [-0.4, -0.2) is 43.9 Å². The van der Waals surface area contributed by atoms with Gasteiger partial charge in [0.25, 0.3) is 0 Å². The molecule has 1 aliphatic carbocycles. The molecule has 0 saturated carbocycles. The molecule has 2 amide bonds. The number of nitrogens with two attached hydrogens (primary N) is 1. The molecule has 0 fully saturated rings. The van der Waals surface area contributed by atoms with Gasteiger partial charge in [-0.3, -0.25) is 9.59 Å². The summed E-state index contributed by atoms with van der Waals surface area (Å²) in [7, 11) is -3.23. The van der Waals surface area contributed by atoms with Crippen molar-refractivity contribution in [3.8, 4) is 11.1 Å². The highest BCUT2D eigenvalue weighted by Crippen LogP contribution is 2.41. The predicted molar refractivity (Wildman–Crippen MR) is 144 cm³/mol. The highest BCUT2D eigenvalue weighted by molar-refractivity contribution is 7.88. The van der Waals surface area contributed by atoms with Crippen molar-refractivity contribution in [1.82, 2.24) is 4.31 Å². The zero-order valence-electron chi connectivity index (χ0n) is 21.2. The maximum atomic E-state index is 12.4. The molecule has 0 aromatic heterocycles. The molecular formula is C28H33N3O4S. The van der Waals surface area contributed by atoms with Crippen LogP contribution < -0.4 is 11.1 Å². The number of hydrogen-bond donors (Lipinski definition) is 2. The van der Waals surface area contributed by atoms with Gasteiger partial charge in [0, 0.05) is 30.8 Å². The molecule has 2 aromatic rings. The van der Waals surface area contributed by atoms with Crippen LogP contribution in [0.3, 0.4) is 0 Å². The van der Waals surface area contributed by atoms with E-state index in [1.807, 2.05) is 51.1 Å². The van der Waals surface area contributed by atoms with Crippen molar-refractivity contribution in [3.05, 3.63) is 69.8 Å². The number of rotatable bonds is 7. The third-order valence-corrected chi connectivity index (χ3v) is 8.12. The SMILES string of the molecule is Cc1c(NC(=O)CC(C)C)cccc1-c1ccc(C(N)=O)c2c1C=C(C1=CCN(S(C)(=O)=O)CC1)C2. The molecule has 0 saturated heterocycles. The van der Waals surface area contributed by atoms with Crippen molar-refractivity contribution in [1.29, 1.82) is 0 Å². The second kappa shape index (κ2) is 10.0. The Morgan fingerprint density at radius 3 is 2.47 bits per heavy atom. The van der Waals surface area contributed by atoms with Gasteiger partial charge >= 0.3 is 0 Å². The molecule has 0 radical (unpaired) electrons. The Morgan fingerprint density at radius 1 is 1.11 bits per heavy atom. The molecule has 0 unspecified atom stereocenters. The minimum atomic E-state index is -3.23. The number of nitrogens with zero attached hydrogens (tertiary/aromatic N) is 1. The van der Waals surface area contributed by atoms with Crippen molar-refractivity contribution in [3.63, 3.8) is 0 Å². The summed E-state index contributed by atoms with van der Waals surface area (Å²) in [5.41, 5.74) is 13.9. The van der Waals surface area contributed by atoms with Gasteiger partial charge in [0.15, 0.2) is 0 Å². The van der Waals surface area contributed by atoms with Gasteiger partial charge in [0.1, 0.15) is 0 Å². The van der Waals surface area contributed by atoms with Gasteiger partial charge in [0.2, 0.25) is 21.8 Å². The Kier molecular flexibility index (Phi) is 7.20. The van der Waals surface area contributed by atoms with Gasteiger partial charge in [-0.15, -0.1) is 0 Å². The van der Waals surface area contributed by atoms with Gasteiger partial charge < -0.3 is 11.1 Å². The summed E-state index contributed by atoms with van der Waals surface area (Å²) in [6, 6.07) is 9.53. The molecule has 8 heteroatoms. The Labute approximate surface area is 213 Å². The molecule has 2 aliphatic rings. The number of fused-ring (bicyclic) bond motifs is 1. The van der Waals surface area contributed by atoms with Crippen LogP contribution in [0.5, 0.6) is 0 Å². The summed E-state index contributed by atoms with van der Waals surface area (Å²) in [5, 5.41) is 3.03. The minimum absolute atomic E-state index is 0.0193. The predicted octanol–water partition coefficient (Wildman–Crippen LogP) is 4.28. The molecule has 190 valence electrons. The standard InChI is InChI=1S/C28H33N3O4S/c1-17(2)14-27(32)30-26-7-5-6-21(18(26)3)22-8-9-23(28(29)33)25-16-20(15-24(22)25)19-10-12-31(13-11-19)36(4,34)35/h5-10,15,17H,11-14,16H2,1-4H3,(H2,29,33)(H,30,32). The maximum Gasteiger partial charge on any atom is 0.249 e. The fourth-order valence-corrected chi connectivity index (χ4v) is 5.75. The lowest BCUT2D eigenvalue weighted by atomic mass is 9.90. The fraction of sp³-hybridized carbons (Fsp3) is 0.357. The van der Waals surface area contributed by atoms with Gasteiger partial charge in [-0.05, 0) is 76.8 Å². The summed E-state index contributed by atoms with van der Waals surface area (Å²) in [6.07, 6.45) is 6.92. The lowest BCUT2D eigenvalue weighted by Gasteiger charge is -2.24. The van der Waals surface area contributed by atoms with E-state index in [2.05, 4.69) is 11.4 Å². The van der Waals surface area contributed by atoms with E-state index >= 15 is 0 Å². The summed E-state index contributed by atoms with van der Waals surface area (Å²) in [4.78, 5) is 24.7. The average molecular weight is 508 g/mol. The number of sulfonamides is 1. The molecule has 0 spiro atoms. The second-order valence-electron chi connectivity index (χ2n) is 9.99. The second-order valence-corrected chi connectivity index (χ2v) is 12.0. The fourth-order valence-electron chi connectivity index (χ4n) is 4.99. The van der Waals surface area contributed by atoms with E-state index in [1.54, 1.807) is 6.07 Å². The van der Waals surface area contributed by atoms with Gasteiger partial charge in [0.05, 0.1) is 6.26 Å². The molecule has 1 aliphatic heterocycles. The summed E-state index contributed by atoms with van der Waals surface area (Å²) >= 11 is 0. The highest BCUT2D eigenvalue weighted by Gasteiger charge is 2.27. The maximum absolute atomic E-state index is 12.4. The van der Waals surface area contributed by atoms with Crippen LogP contribution in [0.25, 0.3) is 17.2 Å². The number of benzene rings is 2. The largest absolute Gasteiger partial charge is 0.366 e. The van der Waals surface area contributed by atoms with Crippen molar-refractivity contribution < 1.29 is 18.0 Å². The van der Waals surface area contributed by atoms with E-state index in [4.69, 9.17) is 5.73 Å². The van der Waals surface area contributed by atoms with Crippen molar-refractivity contribution in [2.45, 2.75) is 40.0 Å². The molecular weight excluding hydrogens is 474 g/mol. The van der Waals surface area contributed by atoms with Crippen LogP contribution >= 0.6 is 0 Å². The van der Waals surface area contributed by atoms with Crippen LogP contribution in [0.2, 0.25) is 0 Å². The molecule has 0 bridgehead atoms. The van der Waals surface area contributed by atoms with Crippen LogP contribution in [0.1, 0.15) is 53.7 Å². The topological polar surface area (TPSA) is 110 Å². The monoisotopic (exact) mass is 507 g/mol. The van der Waals surface area contributed by atoms with Gasteiger partial charge in [-0.25, -0.2) is 8.42 Å². The number of primary amides is 1. The molecule has 36 heavy (non-hydrogen) atoms. The summed E-state index contributed by atoms with van der Waals surface area (Å²) < 4.78 is 25.3. The van der Waals surface area contributed by atoms with Crippen LogP contribution in [0, 0.1) is 12.8 Å². The lowest BCUT2D eigenvalue weighted by molar-refractivity contribution is -0.116. The minimum Gasteiger partial charge on any atom is -0.366 e. The Balaban J connectivity index is 1.73. The number of anilines is 1. The van der Waals surface area contributed by atoms with E-state index in [-0.39, 0.29) is 11.8 Å². The van der Waals surface area contributed by atoms with E-state index in [9.17, 15) is 18.0 Å². The summed E-state index contributed by atoms with van der Waals surface area (Å²) in [5.74, 6) is -0.228. The molecule has 0 atom stereocenters. The van der Waals surface area contributed by atoms with Crippen LogP contribution in [-0.2, 0) is 21.2 Å². The summed E-state index contributed by atoms with van der Waals surface area (Å²) in [6.45, 7) is 6.78. The average Bonchev–Trinajstić information content (AvgIpc) is 3.24. The normalized spacial score (nSPS) is 15.9. The van der Waals surface area contributed by atoms with Crippen molar-refractivity contribution in [2.75, 3.05) is 24.7 Å². The van der Waals surface area contributed by atoms with E-state index < -0.39 is 15.9 Å². The smallest absolute Gasteiger partial charge is 0.249 e. The Morgan fingerprint density at radius 2 is 1.86 bits per heavy atom. The highest BCUT2D eigenvalue weighted by atomic mass is 32.2. The number of hydrogen-bond acceptors (Lipinski definition) is 4. The first-order valence-corrected chi connectivity index (χ1v) is 14.0. The molecule has 4 rings (SSSR count). The number of carbonyl (C=O) groups is 2. The zero-order chi connectivity index (χ0) is 26.2. The van der Waals surface area contributed by atoms with E-state index in [1.165, 1.54) is 10.6 Å². The Hall–Kier alpha value is -3.23. The first-order valence-electron chi connectivity index (χ1n) is 12.2. The third-order valence-electron chi connectivity index (χ3n) is 6.85. The number of amides is 2. The van der Waals surface area contributed by atoms with E-state index in [0.717, 1.165) is 44.7 Å². The van der Waals surface area contributed by atoms with Gasteiger partial charge in [-0.1, -0.05) is 44.2 Å². The molecule has 3 N–H and O–H groups in total. The van der Waals surface area contributed by atoms with Crippen LogP contribution in [0.15, 0.2) is 47.6 Å². The lowest BCUT2D eigenvalue weighted by Crippen LogP contribution is -2.34. The quantitative estimate of drug-likeness (QED) is 0.583. The van der Waals surface area contributed by atoms with Gasteiger partial charge in [-0.2, -0.15) is 4.31 Å². The Bertz CT molecular complexity index is 1400. The zero-order valence-corrected chi connectivity index (χ0v) is 22.0. The third kappa shape index (κ3) is 5.29.